The molecule has 8 rings (SSSR count). The molecule has 5 amide bonds. The number of nitrogens with zero attached hydrogens (tertiary/aromatic N) is 5. The van der Waals surface area contributed by atoms with Crippen LogP contribution in [0, 0.1) is 0 Å². The van der Waals surface area contributed by atoms with Gasteiger partial charge in [0.25, 0.3) is 17.7 Å². The van der Waals surface area contributed by atoms with E-state index >= 15 is 0 Å². The first-order valence-corrected chi connectivity index (χ1v) is 24.3. The first-order valence-electron chi connectivity index (χ1n) is 22.4. The highest BCUT2D eigenvalue weighted by atomic mass is 35.5. The van der Waals surface area contributed by atoms with E-state index in [4.69, 9.17) is 25.8 Å². The SMILES string of the molecule is COc1cc([C@@H](CC(=O)O)c2ccc(Cl)c(CN3C[C@@H](C)Oc4cc(CCCCCCNC(=O)COc5cccc6c5C(=O)N(C5CCC(=O)NC5=O)C6=O)ccc4S3(=O)=O)c2)cc2nnn(C)c12. The van der Waals surface area contributed by atoms with Gasteiger partial charge in [-0.1, -0.05) is 53.9 Å². The number of aromatic nitrogens is 3. The summed E-state index contributed by atoms with van der Waals surface area (Å²) in [7, 11) is -0.826. The van der Waals surface area contributed by atoms with Crippen LogP contribution in [0.5, 0.6) is 17.2 Å². The summed E-state index contributed by atoms with van der Waals surface area (Å²) in [6.07, 6.45) is 3.00. The Hall–Kier alpha value is -6.90. The second kappa shape index (κ2) is 20.4. The van der Waals surface area contributed by atoms with Crippen LogP contribution in [0.3, 0.4) is 0 Å². The molecule has 1 unspecified atom stereocenters. The molecule has 19 nitrogen and oxygen atoms in total. The predicted molar refractivity (Wildman–Crippen MR) is 249 cm³/mol. The van der Waals surface area contributed by atoms with Crippen LogP contribution >= 0.6 is 11.6 Å². The molecule has 21 heteroatoms. The largest absolute Gasteiger partial charge is 0.494 e. The Balaban J connectivity index is 0.831. The molecule has 0 bridgehead atoms. The molecule has 3 aliphatic rings. The van der Waals surface area contributed by atoms with Gasteiger partial charge in [0.2, 0.25) is 21.8 Å². The third kappa shape index (κ3) is 10.3. The van der Waals surface area contributed by atoms with E-state index < -0.39 is 70.2 Å². The number of amides is 5. The molecule has 1 fully saturated rings. The molecule has 0 aliphatic carbocycles. The maximum Gasteiger partial charge on any atom is 0.304 e. The van der Waals surface area contributed by atoms with E-state index in [1.165, 1.54) is 29.6 Å². The fraction of sp³-hybridized carbons (Fsp3) is 0.375. The van der Waals surface area contributed by atoms with Crippen LogP contribution in [0.4, 0.5) is 0 Å². The van der Waals surface area contributed by atoms with Crippen LogP contribution in [0.15, 0.2) is 71.6 Å². The summed E-state index contributed by atoms with van der Waals surface area (Å²) in [5.74, 6) is -3.92. The number of ether oxygens (including phenoxy) is 3. The van der Waals surface area contributed by atoms with Gasteiger partial charge in [-0.2, -0.15) is 4.31 Å². The van der Waals surface area contributed by atoms with Crippen molar-refractivity contribution in [1.29, 1.82) is 0 Å². The van der Waals surface area contributed by atoms with Crippen molar-refractivity contribution in [1.82, 2.24) is 34.8 Å². The number of carboxylic acids is 1. The summed E-state index contributed by atoms with van der Waals surface area (Å²) in [6.45, 7) is 1.71. The summed E-state index contributed by atoms with van der Waals surface area (Å²) >= 11 is 6.71. The van der Waals surface area contributed by atoms with E-state index in [0.717, 1.165) is 29.7 Å². The highest BCUT2D eigenvalue weighted by Crippen LogP contribution is 2.39. The predicted octanol–water partition coefficient (Wildman–Crippen LogP) is 4.91. The molecule has 0 radical (unpaired) electrons. The minimum atomic E-state index is -4.07. The number of hydrogen-bond acceptors (Lipinski definition) is 13. The summed E-state index contributed by atoms with van der Waals surface area (Å²) in [4.78, 5) is 76.1. The number of fused-ring (bicyclic) bond motifs is 3. The molecule has 1 saturated heterocycles. The van der Waals surface area contributed by atoms with Crippen LogP contribution in [-0.4, -0.2) is 112 Å². The molecule has 362 valence electrons. The lowest BCUT2D eigenvalue weighted by molar-refractivity contribution is -0.138. The van der Waals surface area contributed by atoms with Crippen LogP contribution in [0.1, 0.15) is 101 Å². The first kappa shape index (κ1) is 48.6. The number of rotatable bonds is 18. The number of hydrogen-bond donors (Lipinski definition) is 3. The standard InChI is InChI=1S/C48H50ClN7O12S/c1-27-24-55(25-31-20-29(13-14-34(31)49)33(23-43(59)60)30-21-35-45(39(22-30)66-3)54(2)53-52-35)69(64,65)40-16-12-28(19-38(40)68-27)9-6-4-5-7-18-50-42(58)26-67-37-11-8-10-32-44(37)48(63)56(47(32)62)36-15-17-41(57)51-46(36)61/h8,10-14,16,19-22,27,33,36H,4-7,9,15,17-18,23-26H2,1-3H3,(H,50,58)(H,59,60)(H,51,57,61)/t27-,33+,36?/m1/s1. The van der Waals surface area contributed by atoms with Gasteiger partial charge in [0, 0.05) is 37.5 Å². The van der Waals surface area contributed by atoms with Gasteiger partial charge in [0.15, 0.2) is 6.61 Å². The Labute approximate surface area is 402 Å². The van der Waals surface area contributed by atoms with Crippen molar-refractivity contribution in [3.05, 3.63) is 105 Å². The van der Waals surface area contributed by atoms with Crippen molar-refractivity contribution in [3.8, 4) is 17.2 Å². The van der Waals surface area contributed by atoms with Gasteiger partial charge in [-0.3, -0.25) is 39.0 Å². The molecule has 3 aliphatic heterocycles. The smallest absolute Gasteiger partial charge is 0.304 e. The van der Waals surface area contributed by atoms with Gasteiger partial charge in [-0.25, -0.2) is 13.1 Å². The number of aliphatic carboxylic acids is 1. The molecular formula is C48H50ClN7O12S. The van der Waals surface area contributed by atoms with Crippen molar-refractivity contribution in [2.75, 3.05) is 26.8 Å². The number of carbonyl (C=O) groups is 6. The number of imide groups is 2. The Morgan fingerprint density at radius 3 is 2.55 bits per heavy atom. The molecule has 0 saturated carbocycles. The molecule has 1 aromatic heterocycles. The average molecular weight is 984 g/mol. The number of methoxy groups -OCH3 is 1. The maximum absolute atomic E-state index is 14.3. The minimum absolute atomic E-state index is 0.00678. The quantitative estimate of drug-likeness (QED) is 0.0781. The third-order valence-electron chi connectivity index (χ3n) is 12.4. The number of sulfonamides is 1. The Morgan fingerprint density at radius 2 is 1.78 bits per heavy atom. The number of benzene rings is 4. The van der Waals surface area contributed by atoms with Gasteiger partial charge in [0.05, 0.1) is 31.2 Å². The number of carbonyl (C=O) groups excluding carboxylic acids is 5. The Bertz CT molecular complexity index is 3000. The second-order valence-electron chi connectivity index (χ2n) is 17.2. The van der Waals surface area contributed by atoms with Gasteiger partial charge in [0.1, 0.15) is 45.3 Å². The zero-order valence-electron chi connectivity index (χ0n) is 38.0. The summed E-state index contributed by atoms with van der Waals surface area (Å²) in [5.41, 5.74) is 3.86. The van der Waals surface area contributed by atoms with E-state index in [-0.39, 0.29) is 59.9 Å². The van der Waals surface area contributed by atoms with E-state index in [9.17, 15) is 42.3 Å². The van der Waals surface area contributed by atoms with E-state index in [1.54, 1.807) is 67.2 Å². The molecule has 5 aromatic rings. The number of aryl methyl sites for hydroxylation is 2. The Morgan fingerprint density at radius 1 is 0.986 bits per heavy atom. The Kier molecular flexibility index (Phi) is 14.3. The fourth-order valence-electron chi connectivity index (χ4n) is 9.03. The topological polar surface area (TPSA) is 246 Å². The number of halogens is 1. The van der Waals surface area contributed by atoms with Crippen molar-refractivity contribution >= 4 is 68.2 Å². The van der Waals surface area contributed by atoms with E-state index in [2.05, 4.69) is 20.9 Å². The second-order valence-corrected chi connectivity index (χ2v) is 19.6. The number of piperidine rings is 1. The first-order chi connectivity index (χ1) is 33.0. The van der Waals surface area contributed by atoms with Gasteiger partial charge in [-0.05, 0) is 97.3 Å². The molecule has 3 N–H and O–H groups in total. The highest BCUT2D eigenvalue weighted by molar-refractivity contribution is 7.89. The van der Waals surface area contributed by atoms with Crippen LogP contribution < -0.4 is 24.8 Å². The molecule has 4 heterocycles. The number of nitrogens with one attached hydrogen (secondary N) is 2. The number of carboxylic acid groups (broad SMARTS) is 1. The van der Waals surface area contributed by atoms with Crippen LogP contribution in [0.25, 0.3) is 11.0 Å². The van der Waals surface area contributed by atoms with Gasteiger partial charge in [-0.15, -0.1) is 5.10 Å². The lowest BCUT2D eigenvalue weighted by atomic mass is 9.87. The molecule has 0 spiro atoms. The molecule has 69 heavy (non-hydrogen) atoms. The monoisotopic (exact) mass is 983 g/mol. The summed E-state index contributed by atoms with van der Waals surface area (Å²) in [5, 5.41) is 23.5. The van der Waals surface area contributed by atoms with Crippen LogP contribution in [-0.2, 0) is 49.2 Å². The summed E-state index contributed by atoms with van der Waals surface area (Å²) in [6, 6.07) is 17.1. The van der Waals surface area contributed by atoms with E-state index in [0.29, 0.717) is 57.9 Å². The normalized spacial score (nSPS) is 18.2. The number of unbranched alkanes of at least 4 members (excludes halogenated alkanes) is 3. The third-order valence-corrected chi connectivity index (χ3v) is 14.6. The molecular weight excluding hydrogens is 934 g/mol. The van der Waals surface area contributed by atoms with Crippen molar-refractivity contribution in [3.63, 3.8) is 0 Å². The maximum atomic E-state index is 14.3. The van der Waals surface area contributed by atoms with Crippen LogP contribution in [0.2, 0.25) is 5.02 Å². The minimum Gasteiger partial charge on any atom is -0.494 e. The molecule has 4 aromatic carbocycles. The zero-order valence-corrected chi connectivity index (χ0v) is 39.6. The van der Waals surface area contributed by atoms with E-state index in [1.807, 2.05) is 0 Å². The molecule has 3 atom stereocenters. The lowest BCUT2D eigenvalue weighted by Gasteiger charge is -2.27. The highest BCUT2D eigenvalue weighted by Gasteiger charge is 2.46. The fourth-order valence-corrected chi connectivity index (χ4v) is 10.8. The van der Waals surface area contributed by atoms with Crippen molar-refractivity contribution in [2.45, 2.75) is 87.8 Å². The van der Waals surface area contributed by atoms with Crippen molar-refractivity contribution < 1.29 is 56.5 Å². The lowest BCUT2D eigenvalue weighted by Crippen LogP contribution is -2.54. The summed E-state index contributed by atoms with van der Waals surface area (Å²) < 4.78 is 48.9. The van der Waals surface area contributed by atoms with Crippen molar-refractivity contribution in [2.24, 2.45) is 7.05 Å². The van der Waals surface area contributed by atoms with Gasteiger partial charge >= 0.3 is 5.97 Å². The average Bonchev–Trinajstić information content (AvgIpc) is 3.78. The van der Waals surface area contributed by atoms with Gasteiger partial charge < -0.3 is 24.6 Å². The zero-order chi connectivity index (χ0) is 49.1.